The molecule has 0 fully saturated rings. The van der Waals surface area contributed by atoms with Crippen molar-refractivity contribution in [1.29, 1.82) is 0 Å². The zero-order chi connectivity index (χ0) is 7.72. The van der Waals surface area contributed by atoms with Gasteiger partial charge < -0.3 is 0 Å². The molecule has 0 N–H and O–H groups in total. The van der Waals surface area contributed by atoms with Crippen molar-refractivity contribution >= 4 is 48.5 Å². The molecular formula is C6H4Cl2S2. The SMILES string of the molecule is Sc1cc(Cl)cc(Cl)c1S. The Morgan fingerprint density at radius 1 is 1.10 bits per heavy atom. The standard InChI is InChI=1S/C6H4Cl2S2/c7-3-1-4(8)6(10)5(9)2-3/h1-2,9-10H. The maximum atomic E-state index is 5.71. The smallest absolute Gasteiger partial charge is 0.0565 e. The van der Waals surface area contributed by atoms with Crippen LogP contribution in [0.5, 0.6) is 0 Å². The molecule has 0 amide bonds. The summed E-state index contributed by atoms with van der Waals surface area (Å²) in [5.74, 6) is 0. The van der Waals surface area contributed by atoms with Crippen LogP contribution in [-0.2, 0) is 0 Å². The van der Waals surface area contributed by atoms with Gasteiger partial charge in [0.05, 0.1) is 5.02 Å². The van der Waals surface area contributed by atoms with Crippen LogP contribution in [0.3, 0.4) is 0 Å². The molecule has 0 heterocycles. The van der Waals surface area contributed by atoms with Gasteiger partial charge in [0.1, 0.15) is 0 Å². The summed E-state index contributed by atoms with van der Waals surface area (Å²) >= 11 is 19.5. The minimum absolute atomic E-state index is 0.529. The first-order chi connectivity index (χ1) is 4.61. The fourth-order valence-electron chi connectivity index (χ4n) is 0.552. The van der Waals surface area contributed by atoms with Gasteiger partial charge >= 0.3 is 0 Å². The first kappa shape index (κ1) is 8.60. The summed E-state index contributed by atoms with van der Waals surface area (Å²) in [6.07, 6.45) is 0. The van der Waals surface area contributed by atoms with Gasteiger partial charge in [-0.25, -0.2) is 0 Å². The molecule has 0 nitrogen and oxygen atoms in total. The largest absolute Gasteiger partial charge is 0.142 e. The Kier molecular flexibility index (Phi) is 2.81. The highest BCUT2D eigenvalue weighted by Gasteiger charge is 2.00. The summed E-state index contributed by atoms with van der Waals surface area (Å²) in [4.78, 5) is 1.36. The van der Waals surface area contributed by atoms with Crippen LogP contribution >= 0.6 is 48.5 Å². The Morgan fingerprint density at radius 3 is 2.20 bits per heavy atom. The molecule has 1 aromatic rings. The van der Waals surface area contributed by atoms with E-state index in [1.807, 2.05) is 0 Å². The summed E-state index contributed by atoms with van der Waals surface area (Å²) in [5.41, 5.74) is 0. The number of rotatable bonds is 0. The van der Waals surface area contributed by atoms with Crippen LogP contribution < -0.4 is 0 Å². The van der Waals surface area contributed by atoms with E-state index in [9.17, 15) is 0 Å². The van der Waals surface area contributed by atoms with Crippen molar-refractivity contribution < 1.29 is 0 Å². The normalized spacial score (nSPS) is 10.0. The van der Waals surface area contributed by atoms with Crippen molar-refractivity contribution in [2.45, 2.75) is 9.79 Å². The van der Waals surface area contributed by atoms with E-state index >= 15 is 0 Å². The molecule has 0 bridgehead atoms. The second kappa shape index (κ2) is 3.26. The molecule has 0 atom stereocenters. The molecule has 10 heavy (non-hydrogen) atoms. The van der Waals surface area contributed by atoms with Crippen molar-refractivity contribution in [2.24, 2.45) is 0 Å². The predicted octanol–water partition coefficient (Wildman–Crippen LogP) is 3.57. The lowest BCUT2D eigenvalue weighted by atomic mass is 10.4. The van der Waals surface area contributed by atoms with Gasteiger partial charge in [-0.3, -0.25) is 0 Å². The van der Waals surface area contributed by atoms with Gasteiger partial charge in [-0.1, -0.05) is 23.2 Å². The van der Waals surface area contributed by atoms with Crippen LogP contribution in [0.4, 0.5) is 0 Å². The lowest BCUT2D eigenvalue weighted by Gasteiger charge is -2.00. The summed E-state index contributed by atoms with van der Waals surface area (Å²) < 4.78 is 0. The zero-order valence-corrected chi connectivity index (χ0v) is 8.11. The van der Waals surface area contributed by atoms with Gasteiger partial charge in [0, 0.05) is 14.8 Å². The molecule has 0 aliphatic carbocycles. The van der Waals surface area contributed by atoms with E-state index < -0.39 is 0 Å². The molecule has 0 spiro atoms. The number of hydrogen-bond donors (Lipinski definition) is 2. The van der Waals surface area contributed by atoms with Crippen LogP contribution in [-0.4, -0.2) is 0 Å². The molecular weight excluding hydrogens is 207 g/mol. The molecule has 0 aliphatic rings. The Hall–Kier alpha value is 0.500. The van der Waals surface area contributed by atoms with Gasteiger partial charge in [0.15, 0.2) is 0 Å². The van der Waals surface area contributed by atoms with Crippen molar-refractivity contribution in [1.82, 2.24) is 0 Å². The average Bonchev–Trinajstić information content (AvgIpc) is 1.82. The van der Waals surface area contributed by atoms with Crippen LogP contribution in [0.2, 0.25) is 10.0 Å². The summed E-state index contributed by atoms with van der Waals surface area (Å²) in [6.45, 7) is 0. The average molecular weight is 211 g/mol. The molecule has 1 aromatic carbocycles. The third-order valence-electron chi connectivity index (χ3n) is 1.01. The van der Waals surface area contributed by atoms with Crippen molar-refractivity contribution in [2.75, 3.05) is 0 Å². The molecule has 54 valence electrons. The van der Waals surface area contributed by atoms with E-state index in [1.165, 1.54) is 0 Å². The van der Waals surface area contributed by atoms with Crippen molar-refractivity contribution in [3.63, 3.8) is 0 Å². The molecule has 0 saturated heterocycles. The van der Waals surface area contributed by atoms with E-state index in [-0.39, 0.29) is 0 Å². The van der Waals surface area contributed by atoms with Crippen molar-refractivity contribution in [3.8, 4) is 0 Å². The third-order valence-corrected chi connectivity index (χ3v) is 2.67. The number of benzene rings is 1. The number of thiol groups is 2. The fraction of sp³-hybridized carbons (Fsp3) is 0. The first-order valence-corrected chi connectivity index (χ1v) is 4.13. The highest BCUT2D eigenvalue weighted by Crippen LogP contribution is 2.30. The minimum Gasteiger partial charge on any atom is -0.142 e. The number of halogens is 2. The number of hydrogen-bond acceptors (Lipinski definition) is 2. The first-order valence-electron chi connectivity index (χ1n) is 2.48. The van der Waals surface area contributed by atoms with Gasteiger partial charge in [-0.05, 0) is 12.1 Å². The van der Waals surface area contributed by atoms with E-state index in [2.05, 4.69) is 25.3 Å². The summed E-state index contributed by atoms with van der Waals surface area (Å²) in [7, 11) is 0. The zero-order valence-electron chi connectivity index (χ0n) is 4.81. The maximum absolute atomic E-state index is 5.71. The van der Waals surface area contributed by atoms with E-state index in [0.29, 0.717) is 19.8 Å². The maximum Gasteiger partial charge on any atom is 0.0565 e. The molecule has 0 aliphatic heterocycles. The third kappa shape index (κ3) is 1.76. The molecule has 0 radical (unpaired) electrons. The van der Waals surface area contributed by atoms with Gasteiger partial charge in [-0.15, -0.1) is 25.3 Å². The Morgan fingerprint density at radius 2 is 1.70 bits per heavy atom. The van der Waals surface area contributed by atoms with Gasteiger partial charge in [-0.2, -0.15) is 0 Å². The Labute approximate surface area is 80.3 Å². The minimum atomic E-state index is 0.529. The topological polar surface area (TPSA) is 0 Å². The van der Waals surface area contributed by atoms with Crippen LogP contribution in [0.25, 0.3) is 0 Å². The molecule has 0 saturated carbocycles. The Balaban J connectivity index is 3.31. The summed E-state index contributed by atoms with van der Waals surface area (Å²) in [6, 6.07) is 3.32. The monoisotopic (exact) mass is 210 g/mol. The molecule has 1 rings (SSSR count). The van der Waals surface area contributed by atoms with Crippen molar-refractivity contribution in [3.05, 3.63) is 22.2 Å². The Bertz CT molecular complexity index is 237. The molecule has 4 heteroatoms. The van der Waals surface area contributed by atoms with E-state index in [0.717, 1.165) is 0 Å². The van der Waals surface area contributed by atoms with E-state index in [4.69, 9.17) is 23.2 Å². The predicted molar refractivity (Wildman–Crippen MR) is 51.0 cm³/mol. The molecule has 0 unspecified atom stereocenters. The lowest BCUT2D eigenvalue weighted by molar-refractivity contribution is 1.27. The lowest BCUT2D eigenvalue weighted by Crippen LogP contribution is -1.73. The quantitative estimate of drug-likeness (QED) is 0.602. The van der Waals surface area contributed by atoms with Gasteiger partial charge in [0.2, 0.25) is 0 Å². The van der Waals surface area contributed by atoms with Crippen LogP contribution in [0.15, 0.2) is 21.9 Å². The second-order valence-electron chi connectivity index (χ2n) is 1.76. The van der Waals surface area contributed by atoms with Gasteiger partial charge in [0.25, 0.3) is 0 Å². The molecule has 0 aromatic heterocycles. The van der Waals surface area contributed by atoms with Crippen LogP contribution in [0.1, 0.15) is 0 Å². The second-order valence-corrected chi connectivity index (χ2v) is 3.53. The summed E-state index contributed by atoms with van der Waals surface area (Å²) in [5, 5.41) is 1.11. The fourth-order valence-corrected chi connectivity index (χ4v) is 1.58. The highest BCUT2D eigenvalue weighted by atomic mass is 35.5. The van der Waals surface area contributed by atoms with E-state index in [1.54, 1.807) is 12.1 Å². The van der Waals surface area contributed by atoms with Crippen LogP contribution in [0, 0.1) is 0 Å². The highest BCUT2D eigenvalue weighted by molar-refractivity contribution is 7.83.